The number of amides is 3. The Morgan fingerprint density at radius 1 is 1.28 bits per heavy atom. The van der Waals surface area contributed by atoms with Gasteiger partial charge in [-0.3, -0.25) is 9.69 Å². The highest BCUT2D eigenvalue weighted by molar-refractivity contribution is 6.06. The zero-order chi connectivity index (χ0) is 13.2. The molecule has 1 atom stereocenters. The van der Waals surface area contributed by atoms with Crippen LogP contribution < -0.4 is 5.32 Å². The Hall–Kier alpha value is -1.88. The molecule has 0 bridgehead atoms. The number of nitrogens with one attached hydrogen (secondary N) is 1. The smallest absolute Gasteiger partial charge is 0.325 e. The zero-order valence-corrected chi connectivity index (χ0v) is 10.5. The molecule has 1 aliphatic heterocycles. The topological polar surface area (TPSA) is 58.6 Å². The van der Waals surface area contributed by atoms with Gasteiger partial charge in [0, 0.05) is 7.11 Å². The van der Waals surface area contributed by atoms with Crippen LogP contribution in [0.2, 0.25) is 0 Å². The third kappa shape index (κ3) is 2.22. The van der Waals surface area contributed by atoms with Gasteiger partial charge >= 0.3 is 6.03 Å². The van der Waals surface area contributed by atoms with Crippen molar-refractivity contribution in [3.05, 3.63) is 35.9 Å². The molecule has 0 aromatic heterocycles. The predicted molar refractivity (Wildman–Crippen MR) is 65.8 cm³/mol. The Labute approximate surface area is 106 Å². The molecule has 5 heteroatoms. The van der Waals surface area contributed by atoms with Gasteiger partial charge in [-0.2, -0.15) is 0 Å². The molecule has 1 aromatic carbocycles. The summed E-state index contributed by atoms with van der Waals surface area (Å²) in [6.45, 7) is 2.12. The van der Waals surface area contributed by atoms with Crippen LogP contribution >= 0.6 is 0 Å². The molecule has 0 aliphatic carbocycles. The number of carbonyl (C=O) groups excluding carboxylic acids is 2. The fourth-order valence-electron chi connectivity index (χ4n) is 2.04. The fourth-order valence-corrected chi connectivity index (χ4v) is 2.04. The highest BCUT2D eigenvalue weighted by Crippen LogP contribution is 2.20. The van der Waals surface area contributed by atoms with Crippen LogP contribution in [0.5, 0.6) is 0 Å². The molecule has 0 radical (unpaired) electrons. The lowest BCUT2D eigenvalue weighted by Gasteiger charge is -2.20. The molecule has 1 unspecified atom stereocenters. The van der Waals surface area contributed by atoms with Crippen molar-refractivity contribution in [3.8, 4) is 0 Å². The maximum atomic E-state index is 12.2. The zero-order valence-electron chi connectivity index (χ0n) is 10.5. The number of benzene rings is 1. The summed E-state index contributed by atoms with van der Waals surface area (Å²) in [5.41, 5.74) is -0.0386. The monoisotopic (exact) mass is 248 g/mol. The first-order chi connectivity index (χ1) is 8.57. The number of ether oxygens (including phenoxy) is 1. The molecule has 0 saturated carbocycles. The van der Waals surface area contributed by atoms with Gasteiger partial charge in [0.2, 0.25) is 0 Å². The number of carbonyl (C=O) groups is 2. The molecule has 1 saturated heterocycles. The molecule has 1 N–H and O–H groups in total. The van der Waals surface area contributed by atoms with E-state index in [1.807, 2.05) is 30.3 Å². The molecule has 5 nitrogen and oxygen atoms in total. The summed E-state index contributed by atoms with van der Waals surface area (Å²) in [5, 5.41) is 2.66. The number of rotatable bonds is 4. The molecular weight excluding hydrogens is 232 g/mol. The van der Waals surface area contributed by atoms with Crippen LogP contribution in [0, 0.1) is 0 Å². The van der Waals surface area contributed by atoms with Crippen LogP contribution in [0.25, 0.3) is 0 Å². The van der Waals surface area contributed by atoms with Crippen molar-refractivity contribution in [2.45, 2.75) is 19.0 Å². The van der Waals surface area contributed by atoms with E-state index in [1.165, 1.54) is 12.0 Å². The van der Waals surface area contributed by atoms with Crippen molar-refractivity contribution >= 4 is 11.9 Å². The summed E-state index contributed by atoms with van der Waals surface area (Å²) in [7, 11) is 1.50. The van der Waals surface area contributed by atoms with Gasteiger partial charge in [-0.1, -0.05) is 30.3 Å². The molecular formula is C13H16N2O3. The normalized spacial score (nSPS) is 23.3. The molecule has 1 fully saturated rings. The van der Waals surface area contributed by atoms with Crippen molar-refractivity contribution in [2.75, 3.05) is 13.7 Å². The number of methoxy groups -OCH3 is 1. The molecule has 96 valence electrons. The summed E-state index contributed by atoms with van der Waals surface area (Å²) < 4.78 is 4.98. The number of nitrogens with zero attached hydrogens (tertiary/aromatic N) is 1. The Balaban J connectivity index is 2.15. The Morgan fingerprint density at radius 2 is 1.94 bits per heavy atom. The fraction of sp³-hybridized carbons (Fsp3) is 0.385. The first-order valence-electron chi connectivity index (χ1n) is 5.74. The van der Waals surface area contributed by atoms with E-state index in [2.05, 4.69) is 5.32 Å². The second-order valence-corrected chi connectivity index (χ2v) is 4.57. The molecule has 3 amide bonds. The van der Waals surface area contributed by atoms with Crippen molar-refractivity contribution in [1.29, 1.82) is 0 Å². The highest BCUT2D eigenvalue weighted by atomic mass is 16.5. The summed E-state index contributed by atoms with van der Waals surface area (Å²) in [4.78, 5) is 25.2. The average molecular weight is 248 g/mol. The Morgan fingerprint density at radius 3 is 2.56 bits per heavy atom. The maximum absolute atomic E-state index is 12.2. The van der Waals surface area contributed by atoms with Crippen LogP contribution in [-0.4, -0.2) is 36.1 Å². The molecule has 2 rings (SSSR count). The highest BCUT2D eigenvalue weighted by Gasteiger charge is 2.47. The van der Waals surface area contributed by atoms with Gasteiger partial charge < -0.3 is 10.1 Å². The SMILES string of the molecule is COCC1(C)NC(=O)N(Cc2ccccc2)C1=O. The molecule has 1 heterocycles. The Kier molecular flexibility index (Phi) is 3.34. The first-order valence-corrected chi connectivity index (χ1v) is 5.74. The van der Waals surface area contributed by atoms with Gasteiger partial charge in [-0.25, -0.2) is 4.79 Å². The standard InChI is InChI=1S/C13H16N2O3/c1-13(9-18-2)11(16)15(12(17)14-13)8-10-6-4-3-5-7-10/h3-7H,8-9H2,1-2H3,(H,14,17). The first kappa shape index (κ1) is 12.6. The van der Waals surface area contributed by atoms with Gasteiger partial charge in [0.1, 0.15) is 5.54 Å². The van der Waals surface area contributed by atoms with Crippen molar-refractivity contribution in [2.24, 2.45) is 0 Å². The number of imide groups is 1. The van der Waals surface area contributed by atoms with Gasteiger partial charge in [-0.15, -0.1) is 0 Å². The second-order valence-electron chi connectivity index (χ2n) is 4.57. The van der Waals surface area contributed by atoms with Crippen molar-refractivity contribution < 1.29 is 14.3 Å². The quantitative estimate of drug-likeness (QED) is 0.813. The van der Waals surface area contributed by atoms with Gasteiger partial charge in [-0.05, 0) is 12.5 Å². The molecule has 1 aliphatic rings. The minimum atomic E-state index is -0.958. The van der Waals surface area contributed by atoms with E-state index in [-0.39, 0.29) is 25.1 Å². The number of urea groups is 1. The largest absolute Gasteiger partial charge is 0.382 e. The van der Waals surface area contributed by atoms with E-state index >= 15 is 0 Å². The van der Waals surface area contributed by atoms with E-state index in [0.29, 0.717) is 0 Å². The van der Waals surface area contributed by atoms with Crippen molar-refractivity contribution in [3.63, 3.8) is 0 Å². The lowest BCUT2D eigenvalue weighted by Crippen LogP contribution is -2.47. The third-order valence-corrected chi connectivity index (χ3v) is 2.96. The van der Waals surface area contributed by atoms with Crippen LogP contribution in [-0.2, 0) is 16.1 Å². The van der Waals surface area contributed by atoms with E-state index in [1.54, 1.807) is 6.92 Å². The van der Waals surface area contributed by atoms with Crippen LogP contribution in [0.15, 0.2) is 30.3 Å². The summed E-state index contributed by atoms with van der Waals surface area (Å²) >= 11 is 0. The van der Waals surface area contributed by atoms with E-state index < -0.39 is 5.54 Å². The Bertz CT molecular complexity index is 461. The van der Waals surface area contributed by atoms with Crippen LogP contribution in [0.3, 0.4) is 0 Å². The molecule has 18 heavy (non-hydrogen) atoms. The van der Waals surface area contributed by atoms with Gasteiger partial charge in [0.15, 0.2) is 0 Å². The predicted octanol–water partition coefficient (Wildman–Crippen LogP) is 1.14. The number of hydrogen-bond donors (Lipinski definition) is 1. The third-order valence-electron chi connectivity index (χ3n) is 2.96. The average Bonchev–Trinajstić information content (AvgIpc) is 2.55. The van der Waals surface area contributed by atoms with E-state index in [9.17, 15) is 9.59 Å². The maximum Gasteiger partial charge on any atom is 0.325 e. The molecule has 1 aromatic rings. The minimum Gasteiger partial charge on any atom is -0.382 e. The van der Waals surface area contributed by atoms with E-state index in [0.717, 1.165) is 5.56 Å². The number of hydrogen-bond acceptors (Lipinski definition) is 3. The summed E-state index contributed by atoms with van der Waals surface area (Å²) in [6.07, 6.45) is 0. The van der Waals surface area contributed by atoms with Gasteiger partial charge in [0.05, 0.1) is 13.2 Å². The second kappa shape index (κ2) is 4.78. The minimum absolute atomic E-state index is 0.170. The lowest BCUT2D eigenvalue weighted by molar-refractivity contribution is -0.132. The van der Waals surface area contributed by atoms with E-state index in [4.69, 9.17) is 4.74 Å². The summed E-state index contributed by atoms with van der Waals surface area (Å²) in [6, 6.07) is 9.04. The lowest BCUT2D eigenvalue weighted by atomic mass is 10.0. The van der Waals surface area contributed by atoms with Crippen molar-refractivity contribution in [1.82, 2.24) is 10.2 Å². The summed E-state index contributed by atoms with van der Waals surface area (Å²) in [5.74, 6) is -0.252. The molecule has 0 spiro atoms. The van der Waals surface area contributed by atoms with Crippen LogP contribution in [0.4, 0.5) is 4.79 Å². The van der Waals surface area contributed by atoms with Gasteiger partial charge in [0.25, 0.3) is 5.91 Å². The van der Waals surface area contributed by atoms with Crippen LogP contribution in [0.1, 0.15) is 12.5 Å².